The van der Waals surface area contributed by atoms with E-state index < -0.39 is 4.92 Å². The first-order valence-electron chi connectivity index (χ1n) is 11.6. The van der Waals surface area contributed by atoms with Gasteiger partial charge in [0.2, 0.25) is 0 Å². The van der Waals surface area contributed by atoms with Gasteiger partial charge in [-0.2, -0.15) is 0 Å². The zero-order valence-corrected chi connectivity index (χ0v) is 20.5. The summed E-state index contributed by atoms with van der Waals surface area (Å²) in [5.74, 6) is 0.818. The van der Waals surface area contributed by atoms with Crippen molar-refractivity contribution >= 4 is 29.4 Å². The van der Waals surface area contributed by atoms with E-state index in [1.54, 1.807) is 23.2 Å². The summed E-state index contributed by atoms with van der Waals surface area (Å²) in [4.78, 5) is 16.2. The molecule has 0 N–H and O–H groups in total. The molecule has 0 saturated carbocycles. The van der Waals surface area contributed by atoms with Gasteiger partial charge in [0.15, 0.2) is 5.16 Å². The zero-order valence-electron chi connectivity index (χ0n) is 19.7. The lowest BCUT2D eigenvalue weighted by molar-refractivity contribution is -0.384. The van der Waals surface area contributed by atoms with Gasteiger partial charge in [-0.05, 0) is 48.5 Å². The van der Waals surface area contributed by atoms with Gasteiger partial charge >= 0.3 is 0 Å². The van der Waals surface area contributed by atoms with E-state index in [2.05, 4.69) is 22.1 Å². The van der Waals surface area contributed by atoms with Crippen LogP contribution in [0.1, 0.15) is 57.4 Å². The lowest BCUT2D eigenvalue weighted by atomic mass is 10.1. The number of unbranched alkanes of at least 4 members (excludes halogenated alkanes) is 6. The number of rotatable bonds is 14. The van der Waals surface area contributed by atoms with Gasteiger partial charge in [0, 0.05) is 35.9 Å². The molecular formula is C25H31N5O3S. The summed E-state index contributed by atoms with van der Waals surface area (Å²) in [7, 11) is 1.85. The van der Waals surface area contributed by atoms with Crippen molar-refractivity contribution in [1.82, 2.24) is 14.8 Å². The summed E-state index contributed by atoms with van der Waals surface area (Å²) in [6, 6.07) is 12.3. The fourth-order valence-corrected chi connectivity index (χ4v) is 4.17. The number of nitro benzene ring substituents is 1. The van der Waals surface area contributed by atoms with Crippen LogP contribution in [0.5, 0.6) is 5.75 Å². The van der Waals surface area contributed by atoms with Crippen LogP contribution in [0.2, 0.25) is 0 Å². The largest absolute Gasteiger partial charge is 0.494 e. The van der Waals surface area contributed by atoms with Crippen molar-refractivity contribution in [2.45, 2.75) is 61.9 Å². The number of hydrogen-bond donors (Lipinski definition) is 0. The first-order valence-corrected chi connectivity index (χ1v) is 12.5. The van der Waals surface area contributed by atoms with Crippen LogP contribution >= 0.6 is 11.8 Å². The SMILES string of the molecule is CCCCCCCCCOc1ccc(N=Cc2cc([N+](=O)[O-])ccc2Sc2nncn2C)cc1. The number of nitro groups is 1. The number of hydrogen-bond acceptors (Lipinski definition) is 7. The van der Waals surface area contributed by atoms with Crippen LogP contribution in [-0.4, -0.2) is 32.5 Å². The maximum absolute atomic E-state index is 11.2. The maximum Gasteiger partial charge on any atom is 0.270 e. The van der Waals surface area contributed by atoms with Crippen LogP contribution in [0.15, 0.2) is 63.8 Å². The summed E-state index contributed by atoms with van der Waals surface area (Å²) in [5.41, 5.74) is 1.39. The molecule has 3 aromatic rings. The summed E-state index contributed by atoms with van der Waals surface area (Å²) in [6.45, 7) is 2.95. The first-order chi connectivity index (χ1) is 16.6. The van der Waals surface area contributed by atoms with Gasteiger partial charge < -0.3 is 9.30 Å². The Bertz CT molecular complexity index is 1080. The molecule has 9 heteroatoms. The molecule has 0 aliphatic heterocycles. The third-order valence-corrected chi connectivity index (χ3v) is 6.43. The molecule has 8 nitrogen and oxygen atoms in total. The van der Waals surface area contributed by atoms with Crippen LogP contribution in [-0.2, 0) is 7.05 Å². The minimum absolute atomic E-state index is 0.0119. The topological polar surface area (TPSA) is 95.4 Å². The average molecular weight is 482 g/mol. The van der Waals surface area contributed by atoms with E-state index in [4.69, 9.17) is 4.74 Å². The van der Waals surface area contributed by atoms with Gasteiger partial charge in [0.1, 0.15) is 12.1 Å². The Balaban J connectivity index is 1.58. The number of benzene rings is 2. The predicted molar refractivity (Wildman–Crippen MR) is 135 cm³/mol. The molecule has 0 aliphatic carbocycles. The van der Waals surface area contributed by atoms with Crippen molar-refractivity contribution in [1.29, 1.82) is 0 Å². The second-order valence-electron chi connectivity index (χ2n) is 8.03. The van der Waals surface area contributed by atoms with E-state index in [1.807, 2.05) is 31.3 Å². The Hall–Kier alpha value is -3.20. The van der Waals surface area contributed by atoms with Crippen LogP contribution in [0, 0.1) is 10.1 Å². The summed E-state index contributed by atoms with van der Waals surface area (Å²) in [5, 5.41) is 19.9. The highest BCUT2D eigenvalue weighted by atomic mass is 32.2. The number of nitrogens with zero attached hydrogens (tertiary/aromatic N) is 5. The molecule has 1 heterocycles. The summed E-state index contributed by atoms with van der Waals surface area (Å²) < 4.78 is 7.63. The van der Waals surface area contributed by atoms with E-state index in [1.165, 1.54) is 62.4 Å². The van der Waals surface area contributed by atoms with E-state index in [9.17, 15) is 10.1 Å². The molecule has 34 heavy (non-hydrogen) atoms. The maximum atomic E-state index is 11.2. The molecule has 0 saturated heterocycles. The highest BCUT2D eigenvalue weighted by Crippen LogP contribution is 2.31. The highest BCUT2D eigenvalue weighted by molar-refractivity contribution is 7.99. The Morgan fingerprint density at radius 2 is 1.82 bits per heavy atom. The van der Waals surface area contributed by atoms with E-state index in [0.717, 1.165) is 22.8 Å². The Morgan fingerprint density at radius 1 is 1.09 bits per heavy atom. The van der Waals surface area contributed by atoms with Crippen molar-refractivity contribution < 1.29 is 9.66 Å². The second-order valence-corrected chi connectivity index (χ2v) is 9.04. The monoisotopic (exact) mass is 481 g/mol. The Morgan fingerprint density at radius 3 is 2.50 bits per heavy atom. The summed E-state index contributed by atoms with van der Waals surface area (Å²) in [6.07, 6.45) is 12.0. The number of aromatic nitrogens is 3. The molecule has 0 amide bonds. The van der Waals surface area contributed by atoms with Gasteiger partial charge in [-0.3, -0.25) is 15.1 Å². The van der Waals surface area contributed by atoms with Crippen molar-refractivity contribution in [3.63, 3.8) is 0 Å². The number of aliphatic imine (C=N–C) groups is 1. The van der Waals surface area contributed by atoms with Crippen LogP contribution < -0.4 is 4.74 Å². The van der Waals surface area contributed by atoms with Gasteiger partial charge in [0.25, 0.3) is 5.69 Å². The van der Waals surface area contributed by atoms with E-state index >= 15 is 0 Å². The van der Waals surface area contributed by atoms with Crippen molar-refractivity contribution in [3.05, 3.63) is 64.5 Å². The van der Waals surface area contributed by atoms with Gasteiger partial charge in [-0.1, -0.05) is 45.4 Å². The molecule has 0 unspecified atom stereocenters. The number of non-ortho nitro benzene ring substituents is 1. The molecule has 2 aromatic carbocycles. The van der Waals surface area contributed by atoms with Gasteiger partial charge in [0.05, 0.1) is 17.2 Å². The molecule has 0 aliphatic rings. The Kier molecular flexibility index (Phi) is 10.1. The molecule has 0 bridgehead atoms. The van der Waals surface area contributed by atoms with Crippen LogP contribution in [0.3, 0.4) is 0 Å². The zero-order chi connectivity index (χ0) is 24.2. The van der Waals surface area contributed by atoms with Crippen LogP contribution in [0.4, 0.5) is 11.4 Å². The van der Waals surface area contributed by atoms with Gasteiger partial charge in [-0.25, -0.2) is 0 Å². The smallest absolute Gasteiger partial charge is 0.270 e. The normalized spacial score (nSPS) is 11.2. The molecule has 1 aromatic heterocycles. The van der Waals surface area contributed by atoms with Crippen molar-refractivity contribution in [3.8, 4) is 5.75 Å². The third-order valence-electron chi connectivity index (χ3n) is 5.28. The molecular weight excluding hydrogens is 450 g/mol. The minimum atomic E-state index is -0.411. The number of ether oxygens (including phenoxy) is 1. The van der Waals surface area contributed by atoms with Gasteiger partial charge in [-0.15, -0.1) is 10.2 Å². The van der Waals surface area contributed by atoms with Crippen LogP contribution in [0.25, 0.3) is 0 Å². The minimum Gasteiger partial charge on any atom is -0.494 e. The van der Waals surface area contributed by atoms with Crippen molar-refractivity contribution in [2.75, 3.05) is 6.61 Å². The fourth-order valence-electron chi connectivity index (χ4n) is 3.33. The molecule has 0 fully saturated rings. The third kappa shape index (κ3) is 7.98. The molecule has 180 valence electrons. The summed E-state index contributed by atoms with van der Waals surface area (Å²) >= 11 is 1.38. The molecule has 3 rings (SSSR count). The lowest BCUT2D eigenvalue weighted by Crippen LogP contribution is -1.97. The predicted octanol–water partition coefficient (Wildman–Crippen LogP) is 6.75. The molecule has 0 atom stereocenters. The van der Waals surface area contributed by atoms with Crippen molar-refractivity contribution in [2.24, 2.45) is 12.0 Å². The highest BCUT2D eigenvalue weighted by Gasteiger charge is 2.13. The Labute approximate surface area is 204 Å². The molecule has 0 spiro atoms. The quantitative estimate of drug-likeness (QED) is 0.109. The van der Waals surface area contributed by atoms with E-state index in [0.29, 0.717) is 17.3 Å². The fraction of sp³-hybridized carbons (Fsp3) is 0.400. The second kappa shape index (κ2) is 13.5. The molecule has 0 radical (unpaired) electrons. The van der Waals surface area contributed by atoms with E-state index in [-0.39, 0.29) is 5.69 Å². The standard InChI is InChI=1S/C25H31N5O3S/c1-3-4-5-6-7-8-9-16-33-23-13-10-21(11-14-23)26-18-20-17-22(30(31)32)12-15-24(20)34-25-28-27-19-29(25)2/h10-15,17-19H,3-9,16H2,1-2H3. The lowest BCUT2D eigenvalue weighted by Gasteiger charge is -2.07. The number of aryl methyl sites for hydroxylation is 1. The first kappa shape index (κ1) is 25.4. The average Bonchev–Trinajstić information content (AvgIpc) is 3.25.